The molecule has 0 aliphatic rings. The summed E-state index contributed by atoms with van der Waals surface area (Å²) in [4.78, 5) is 0. The summed E-state index contributed by atoms with van der Waals surface area (Å²) in [5.41, 5.74) is 3.30. The first kappa shape index (κ1) is 13.8. The second kappa shape index (κ2) is 5.17. The number of aryl methyl sites for hydroxylation is 1. The number of aromatic nitrogens is 2. The lowest BCUT2D eigenvalue weighted by molar-refractivity contribution is 0.176. The Morgan fingerprint density at radius 1 is 1.26 bits per heavy atom. The molecule has 1 N–H and O–H groups in total. The highest BCUT2D eigenvalue weighted by atomic mass is 16.3. The van der Waals surface area contributed by atoms with Crippen LogP contribution in [-0.2, 0) is 18.9 Å². The maximum atomic E-state index is 10.5. The van der Waals surface area contributed by atoms with Gasteiger partial charge in [-0.1, -0.05) is 45.0 Å². The van der Waals surface area contributed by atoms with Crippen molar-refractivity contribution in [3.05, 3.63) is 53.3 Å². The highest BCUT2D eigenvalue weighted by Gasteiger charge is 2.21. The molecule has 1 heterocycles. The van der Waals surface area contributed by atoms with Crippen LogP contribution in [0.4, 0.5) is 0 Å². The Hall–Kier alpha value is -1.61. The summed E-state index contributed by atoms with van der Waals surface area (Å²) in [5, 5.41) is 14.6. The van der Waals surface area contributed by atoms with Crippen LogP contribution in [0.15, 0.2) is 36.7 Å². The highest BCUT2D eigenvalue weighted by molar-refractivity contribution is 5.35. The molecule has 0 spiro atoms. The summed E-state index contributed by atoms with van der Waals surface area (Å²) >= 11 is 0. The van der Waals surface area contributed by atoms with Crippen LogP contribution in [0.2, 0.25) is 0 Å². The van der Waals surface area contributed by atoms with Crippen molar-refractivity contribution in [2.24, 2.45) is 7.05 Å². The number of nitrogens with zero attached hydrogens (tertiary/aromatic N) is 2. The van der Waals surface area contributed by atoms with Gasteiger partial charge in [0.05, 0.1) is 12.3 Å². The summed E-state index contributed by atoms with van der Waals surface area (Å²) in [5.74, 6) is 0. The molecule has 0 fully saturated rings. The monoisotopic (exact) mass is 258 g/mol. The molecule has 1 aromatic heterocycles. The number of hydrogen-bond acceptors (Lipinski definition) is 2. The van der Waals surface area contributed by atoms with E-state index in [1.165, 1.54) is 5.56 Å². The average Bonchev–Trinajstić information content (AvgIpc) is 2.73. The Bertz CT molecular complexity index is 552. The summed E-state index contributed by atoms with van der Waals surface area (Å²) in [7, 11) is 1.89. The van der Waals surface area contributed by atoms with Crippen LogP contribution >= 0.6 is 0 Å². The van der Waals surface area contributed by atoms with Gasteiger partial charge in [-0.05, 0) is 22.1 Å². The summed E-state index contributed by atoms with van der Waals surface area (Å²) in [6.45, 7) is 6.51. The zero-order valence-corrected chi connectivity index (χ0v) is 12.1. The van der Waals surface area contributed by atoms with Crippen LogP contribution in [0, 0.1) is 0 Å². The third-order valence-electron chi connectivity index (χ3n) is 3.32. The molecule has 0 saturated carbocycles. The first-order valence-electron chi connectivity index (χ1n) is 6.63. The minimum absolute atomic E-state index is 0.0342. The van der Waals surface area contributed by atoms with Crippen molar-refractivity contribution >= 4 is 0 Å². The van der Waals surface area contributed by atoms with Crippen LogP contribution in [0.1, 0.15) is 43.6 Å². The fraction of sp³-hybridized carbons (Fsp3) is 0.438. The second-order valence-corrected chi connectivity index (χ2v) is 6.08. The van der Waals surface area contributed by atoms with Crippen LogP contribution in [0.5, 0.6) is 0 Å². The number of aliphatic hydroxyl groups excluding tert-OH is 1. The lowest BCUT2D eigenvalue weighted by Gasteiger charge is -2.25. The van der Waals surface area contributed by atoms with E-state index in [4.69, 9.17) is 0 Å². The van der Waals surface area contributed by atoms with Gasteiger partial charge in [0.1, 0.15) is 0 Å². The number of hydrogen-bond donors (Lipinski definition) is 1. The molecule has 0 saturated heterocycles. The Labute approximate surface area is 114 Å². The topological polar surface area (TPSA) is 38.0 Å². The minimum Gasteiger partial charge on any atom is -0.388 e. The van der Waals surface area contributed by atoms with Crippen LogP contribution in [0.3, 0.4) is 0 Å². The zero-order chi connectivity index (χ0) is 14.0. The molecule has 0 aliphatic carbocycles. The van der Waals surface area contributed by atoms with Gasteiger partial charge in [-0.15, -0.1) is 0 Å². The highest BCUT2D eigenvalue weighted by Crippen LogP contribution is 2.30. The Morgan fingerprint density at radius 3 is 2.53 bits per heavy atom. The van der Waals surface area contributed by atoms with Crippen molar-refractivity contribution in [1.82, 2.24) is 9.78 Å². The average molecular weight is 258 g/mol. The van der Waals surface area contributed by atoms with Crippen molar-refractivity contribution in [3.63, 3.8) is 0 Å². The van der Waals surface area contributed by atoms with E-state index in [9.17, 15) is 5.11 Å². The van der Waals surface area contributed by atoms with Gasteiger partial charge >= 0.3 is 0 Å². The quantitative estimate of drug-likeness (QED) is 0.919. The number of aliphatic hydroxyl groups is 1. The fourth-order valence-corrected chi connectivity index (χ4v) is 2.38. The van der Waals surface area contributed by atoms with E-state index >= 15 is 0 Å². The molecule has 2 rings (SSSR count). The first-order valence-corrected chi connectivity index (χ1v) is 6.63. The molecule has 19 heavy (non-hydrogen) atoms. The van der Waals surface area contributed by atoms with E-state index in [2.05, 4.69) is 31.9 Å². The van der Waals surface area contributed by atoms with Gasteiger partial charge in [0, 0.05) is 19.7 Å². The molecular weight excluding hydrogens is 236 g/mol. The zero-order valence-electron chi connectivity index (χ0n) is 12.1. The lowest BCUT2D eigenvalue weighted by atomic mass is 9.81. The molecule has 0 radical (unpaired) electrons. The van der Waals surface area contributed by atoms with Crippen molar-refractivity contribution in [2.75, 3.05) is 0 Å². The maximum Gasteiger partial charge on any atom is 0.0834 e. The molecule has 3 heteroatoms. The normalized spacial score (nSPS) is 13.5. The van der Waals surface area contributed by atoms with Gasteiger partial charge in [0.15, 0.2) is 0 Å². The van der Waals surface area contributed by atoms with Gasteiger partial charge in [-0.2, -0.15) is 5.10 Å². The molecule has 1 aromatic carbocycles. The molecule has 3 nitrogen and oxygen atoms in total. The Kier molecular flexibility index (Phi) is 3.76. The molecule has 102 valence electrons. The Balaban J connectivity index is 2.26. The van der Waals surface area contributed by atoms with Crippen LogP contribution in [0.25, 0.3) is 0 Å². The van der Waals surface area contributed by atoms with Crippen LogP contribution < -0.4 is 0 Å². The SMILES string of the molecule is Cn1cc(CC(O)c2ccccc2C(C)(C)C)cn1. The predicted octanol–water partition coefficient (Wildman–Crippen LogP) is 2.99. The van der Waals surface area contributed by atoms with Crippen molar-refractivity contribution < 1.29 is 5.11 Å². The van der Waals surface area contributed by atoms with Crippen molar-refractivity contribution in [3.8, 4) is 0 Å². The van der Waals surface area contributed by atoms with Crippen molar-refractivity contribution in [1.29, 1.82) is 0 Å². The number of benzene rings is 1. The van der Waals surface area contributed by atoms with Gasteiger partial charge in [0.25, 0.3) is 0 Å². The number of rotatable bonds is 3. The maximum absolute atomic E-state index is 10.5. The third-order valence-corrected chi connectivity index (χ3v) is 3.32. The lowest BCUT2D eigenvalue weighted by Crippen LogP contribution is -2.16. The molecule has 0 bridgehead atoms. The molecule has 1 unspecified atom stereocenters. The molecule has 0 aliphatic heterocycles. The van der Waals surface area contributed by atoms with Gasteiger partial charge in [-0.3, -0.25) is 4.68 Å². The molecule has 2 aromatic rings. The second-order valence-electron chi connectivity index (χ2n) is 6.08. The summed E-state index contributed by atoms with van der Waals surface area (Å²) in [6.07, 6.45) is 3.87. The standard InChI is InChI=1S/C16H22N2O/c1-16(2,3)14-8-6-5-7-13(14)15(19)9-12-10-17-18(4)11-12/h5-8,10-11,15,19H,9H2,1-4H3. The van der Waals surface area contributed by atoms with Gasteiger partial charge in [-0.25, -0.2) is 0 Å². The van der Waals surface area contributed by atoms with E-state index in [1.807, 2.05) is 37.6 Å². The van der Waals surface area contributed by atoms with E-state index < -0.39 is 6.10 Å². The summed E-state index contributed by atoms with van der Waals surface area (Å²) < 4.78 is 1.76. The summed E-state index contributed by atoms with van der Waals surface area (Å²) in [6, 6.07) is 8.13. The van der Waals surface area contributed by atoms with E-state index in [0.29, 0.717) is 6.42 Å². The van der Waals surface area contributed by atoms with Crippen LogP contribution in [-0.4, -0.2) is 14.9 Å². The molecule has 0 amide bonds. The molecule has 1 atom stereocenters. The first-order chi connectivity index (χ1) is 8.88. The minimum atomic E-state index is -0.486. The van der Waals surface area contributed by atoms with E-state index in [1.54, 1.807) is 4.68 Å². The van der Waals surface area contributed by atoms with E-state index in [0.717, 1.165) is 11.1 Å². The largest absolute Gasteiger partial charge is 0.388 e. The third kappa shape index (κ3) is 3.24. The fourth-order valence-electron chi connectivity index (χ4n) is 2.38. The molecular formula is C16H22N2O. The smallest absolute Gasteiger partial charge is 0.0834 e. The predicted molar refractivity (Wildman–Crippen MR) is 77.0 cm³/mol. The van der Waals surface area contributed by atoms with E-state index in [-0.39, 0.29) is 5.41 Å². The Morgan fingerprint density at radius 2 is 1.95 bits per heavy atom. The van der Waals surface area contributed by atoms with Gasteiger partial charge < -0.3 is 5.11 Å². The van der Waals surface area contributed by atoms with Gasteiger partial charge in [0.2, 0.25) is 0 Å². The van der Waals surface area contributed by atoms with Crippen molar-refractivity contribution in [2.45, 2.75) is 38.7 Å².